The van der Waals surface area contributed by atoms with Gasteiger partial charge in [-0.2, -0.15) is 0 Å². The van der Waals surface area contributed by atoms with E-state index >= 15 is 0 Å². The van der Waals surface area contributed by atoms with Crippen molar-refractivity contribution in [3.63, 3.8) is 0 Å². The fourth-order valence-electron chi connectivity index (χ4n) is 17.1. The Kier molecular flexibility index (Phi) is 17.5. The molecule has 6 heteroatoms. The maximum absolute atomic E-state index is 10.1. The number of rotatable bonds is 8. The van der Waals surface area contributed by atoms with Gasteiger partial charge in [0.25, 0.3) is 0 Å². The van der Waals surface area contributed by atoms with Crippen LogP contribution in [-0.4, -0.2) is 17.2 Å². The molecule has 0 bridgehead atoms. The van der Waals surface area contributed by atoms with Gasteiger partial charge in [0.05, 0.1) is 0 Å². The standard InChI is InChI=1S/C52H32O.C26H19BO2.C26H15BrO.CH4/c1-2-13-33(14-3-1)34-25-27-35(28-26-34)49-42-20-7-9-22-44(42)50(45-23-10-8-21-43(45)49)38-16-12-15-36(31-38)37-29-30-48-47(32-37)51-41-19-6-4-17-39(41)40-18-5-11-24-46(40)52(51)53-48;28-27(29)26-23-12-6-4-10-21(23)25(22-11-5-7-13-24(22)26)20-16-14-19(15-17-20)18-8-2-1-3-9-18;27-18-7-5-6-16(14-18)17-12-13-24-23(15-17)25-21-10-3-1-8-19(21)20-9-2-4-11-22(20)26(25)28-24;/h1-32H;1-17,28-29H;1-15H;1H4. The van der Waals surface area contributed by atoms with Crippen molar-refractivity contribution in [2.24, 2.45) is 0 Å². The maximum Gasteiger partial charge on any atom is 0.489 e. The summed E-state index contributed by atoms with van der Waals surface area (Å²) in [6, 6.07) is 137. The first kappa shape index (κ1) is 68.1. The van der Waals surface area contributed by atoms with Crippen molar-refractivity contribution in [3.05, 3.63) is 393 Å². The van der Waals surface area contributed by atoms with Crippen molar-refractivity contribution < 1.29 is 18.9 Å². The molecule has 2 N–H and O–H groups in total. The molecule has 0 fully saturated rings. The van der Waals surface area contributed by atoms with Gasteiger partial charge in [0, 0.05) is 36.8 Å². The molecule has 0 aliphatic carbocycles. The van der Waals surface area contributed by atoms with Gasteiger partial charge in [-0.05, 0) is 201 Å². The molecule has 0 amide bonds. The summed E-state index contributed by atoms with van der Waals surface area (Å²) in [5.74, 6) is 0. The third kappa shape index (κ3) is 12.0. The van der Waals surface area contributed by atoms with Crippen molar-refractivity contribution in [1.29, 1.82) is 0 Å². The molecule has 0 radical (unpaired) electrons. The van der Waals surface area contributed by atoms with Crippen LogP contribution in [0.2, 0.25) is 0 Å². The van der Waals surface area contributed by atoms with Crippen LogP contribution in [0.1, 0.15) is 7.43 Å². The fraction of sp³-hybridized carbons (Fsp3) is 0.00952. The molecule has 524 valence electrons. The largest absolute Gasteiger partial charge is 0.489 e. The second kappa shape index (κ2) is 28.6. The SMILES string of the molecule is Brc1cccc(-c2ccc3oc4c5ccccc5c5ccccc5c4c3c2)c1.C.OB(O)c1c2ccccc2c(-c2ccc(-c3ccccc3)cc2)c2ccccc12.c1ccc(-c2ccc(-c3c4ccccc4c(-c4cccc(-c5ccc6oc7c8ccccc8c8ccccc8c7c6c5)c4)c4ccccc34)cc2)cc1. The van der Waals surface area contributed by atoms with Crippen LogP contribution in [0.4, 0.5) is 0 Å². The highest BCUT2D eigenvalue weighted by atomic mass is 79.9. The zero-order chi connectivity index (χ0) is 73.3. The van der Waals surface area contributed by atoms with Gasteiger partial charge in [-0.1, -0.05) is 369 Å². The smallest absolute Gasteiger partial charge is 0.455 e. The van der Waals surface area contributed by atoms with Crippen LogP contribution in [0, 0.1) is 0 Å². The van der Waals surface area contributed by atoms with E-state index in [1.165, 1.54) is 131 Å². The molecular formula is C105H70BBrO4. The topological polar surface area (TPSA) is 66.7 Å². The Bertz CT molecular complexity index is 7250. The van der Waals surface area contributed by atoms with E-state index in [0.29, 0.717) is 5.46 Å². The lowest BCUT2D eigenvalue weighted by Crippen LogP contribution is -2.31. The van der Waals surface area contributed by atoms with Gasteiger partial charge in [-0.25, -0.2) is 0 Å². The van der Waals surface area contributed by atoms with Gasteiger partial charge in [0.15, 0.2) is 0 Å². The number of hydrogen-bond donors (Lipinski definition) is 2. The first-order valence-electron chi connectivity index (χ1n) is 37.3. The Hall–Kier alpha value is -13.5. The van der Waals surface area contributed by atoms with Crippen LogP contribution in [0.25, 0.3) is 208 Å². The molecule has 0 unspecified atom stereocenters. The molecule has 0 aliphatic rings. The minimum atomic E-state index is -1.53. The molecule has 111 heavy (non-hydrogen) atoms. The maximum atomic E-state index is 10.1. The minimum absolute atomic E-state index is 0. The van der Waals surface area contributed by atoms with Crippen LogP contribution in [0.15, 0.2) is 402 Å². The first-order valence-corrected chi connectivity index (χ1v) is 38.1. The summed E-state index contributed by atoms with van der Waals surface area (Å²) >= 11 is 3.58. The van der Waals surface area contributed by atoms with E-state index in [1.807, 2.05) is 66.7 Å². The van der Waals surface area contributed by atoms with Gasteiger partial charge in [0.2, 0.25) is 0 Å². The molecule has 2 aromatic heterocycles. The van der Waals surface area contributed by atoms with E-state index < -0.39 is 7.12 Å². The zero-order valence-corrected chi connectivity index (χ0v) is 61.2. The predicted octanol–water partition coefficient (Wildman–Crippen LogP) is 28.8. The van der Waals surface area contributed by atoms with Crippen molar-refractivity contribution >= 4 is 159 Å². The quantitative estimate of drug-likeness (QED) is 0.0904. The normalized spacial score (nSPS) is 11.5. The predicted molar refractivity (Wildman–Crippen MR) is 476 cm³/mol. The fourth-order valence-corrected chi connectivity index (χ4v) is 17.5. The van der Waals surface area contributed by atoms with E-state index in [4.69, 9.17) is 8.83 Å². The van der Waals surface area contributed by atoms with Crippen LogP contribution < -0.4 is 5.46 Å². The third-order valence-corrected chi connectivity index (χ3v) is 22.6. The van der Waals surface area contributed by atoms with Gasteiger partial charge in [-0.15, -0.1) is 0 Å². The number of hydrogen-bond acceptors (Lipinski definition) is 4. The molecule has 0 saturated heterocycles. The second-order valence-electron chi connectivity index (χ2n) is 28.3. The second-order valence-corrected chi connectivity index (χ2v) is 29.2. The average Bonchev–Trinajstić information content (AvgIpc) is 1.62. The molecule has 0 spiro atoms. The zero-order valence-electron chi connectivity index (χ0n) is 59.6. The summed E-state index contributed by atoms with van der Waals surface area (Å²) in [4.78, 5) is 0. The highest BCUT2D eigenvalue weighted by Gasteiger charge is 2.24. The molecule has 22 rings (SSSR count). The van der Waals surface area contributed by atoms with E-state index in [-0.39, 0.29) is 7.43 Å². The summed E-state index contributed by atoms with van der Waals surface area (Å²) in [5.41, 5.74) is 21.0. The van der Waals surface area contributed by atoms with Crippen molar-refractivity contribution in [1.82, 2.24) is 0 Å². The Labute approximate surface area is 650 Å². The van der Waals surface area contributed by atoms with Crippen molar-refractivity contribution in [2.45, 2.75) is 7.43 Å². The average molecular weight is 1490 g/mol. The molecular weight excluding hydrogens is 1420 g/mol. The highest BCUT2D eigenvalue weighted by Crippen LogP contribution is 2.48. The Morgan fingerprint density at radius 2 is 0.459 bits per heavy atom. The highest BCUT2D eigenvalue weighted by molar-refractivity contribution is 9.10. The molecule has 4 nitrogen and oxygen atoms in total. The van der Waals surface area contributed by atoms with Gasteiger partial charge < -0.3 is 18.9 Å². The van der Waals surface area contributed by atoms with Gasteiger partial charge in [0.1, 0.15) is 22.3 Å². The van der Waals surface area contributed by atoms with Crippen LogP contribution in [0.3, 0.4) is 0 Å². The van der Waals surface area contributed by atoms with Gasteiger partial charge >= 0.3 is 7.12 Å². The summed E-state index contributed by atoms with van der Waals surface area (Å²) < 4.78 is 14.1. The van der Waals surface area contributed by atoms with E-state index in [1.54, 1.807) is 0 Å². The molecule has 0 atom stereocenters. The molecule has 0 aliphatic heterocycles. The van der Waals surface area contributed by atoms with E-state index in [9.17, 15) is 10.0 Å². The summed E-state index contributed by atoms with van der Waals surface area (Å²) in [6.07, 6.45) is 0. The Morgan fingerprint density at radius 3 is 0.847 bits per heavy atom. The number of halogens is 1. The molecule has 20 aromatic carbocycles. The number of benzene rings is 20. The lowest BCUT2D eigenvalue weighted by atomic mass is 9.72. The summed E-state index contributed by atoms with van der Waals surface area (Å²) in [7, 11) is -1.53. The lowest BCUT2D eigenvalue weighted by molar-refractivity contribution is 0.426. The minimum Gasteiger partial charge on any atom is -0.455 e. The van der Waals surface area contributed by atoms with Crippen molar-refractivity contribution in [2.75, 3.05) is 0 Å². The first-order chi connectivity index (χ1) is 54.3. The third-order valence-electron chi connectivity index (χ3n) is 22.1. The van der Waals surface area contributed by atoms with E-state index in [2.05, 4.69) is 337 Å². The summed E-state index contributed by atoms with van der Waals surface area (Å²) in [5, 5.41) is 43.4. The number of fused-ring (bicyclic) bond motifs is 20. The number of furan rings is 2. The van der Waals surface area contributed by atoms with Crippen LogP contribution in [-0.2, 0) is 0 Å². The monoisotopic (exact) mass is 1480 g/mol. The molecule has 2 heterocycles. The van der Waals surface area contributed by atoms with Crippen LogP contribution in [0.5, 0.6) is 0 Å². The van der Waals surface area contributed by atoms with Gasteiger partial charge in [-0.3, -0.25) is 0 Å². The lowest BCUT2D eigenvalue weighted by Gasteiger charge is -2.18. The van der Waals surface area contributed by atoms with Crippen molar-refractivity contribution in [3.8, 4) is 77.9 Å². The van der Waals surface area contributed by atoms with Crippen LogP contribution >= 0.6 is 15.9 Å². The summed E-state index contributed by atoms with van der Waals surface area (Å²) in [6.45, 7) is 0. The Balaban J connectivity index is 0.000000122. The van der Waals surface area contributed by atoms with E-state index in [0.717, 1.165) is 81.0 Å². The Morgan fingerprint density at radius 1 is 0.198 bits per heavy atom. The molecule has 0 saturated carbocycles. The molecule has 22 aromatic rings.